The quantitative estimate of drug-likeness (QED) is 0.332. The van der Waals surface area contributed by atoms with Crippen molar-refractivity contribution in [1.29, 1.82) is 0 Å². The van der Waals surface area contributed by atoms with Gasteiger partial charge in [0.1, 0.15) is 0 Å². The Morgan fingerprint density at radius 2 is 1.95 bits per heavy atom. The molecule has 0 aliphatic carbocycles. The highest BCUT2D eigenvalue weighted by atomic mass is 79.9. The van der Waals surface area contributed by atoms with Gasteiger partial charge >= 0.3 is 0 Å². The van der Waals surface area contributed by atoms with Crippen molar-refractivity contribution in [3.63, 3.8) is 0 Å². The van der Waals surface area contributed by atoms with Gasteiger partial charge in [-0.1, -0.05) is 22.9 Å². The third-order valence-corrected chi connectivity index (χ3v) is 5.37. The minimum atomic E-state index is -3.60. The summed E-state index contributed by atoms with van der Waals surface area (Å²) >= 11 is 3.48. The van der Waals surface area contributed by atoms with E-state index in [1.807, 2.05) is 0 Å². The van der Waals surface area contributed by atoms with Crippen LogP contribution in [0, 0.1) is 10.1 Å². The van der Waals surface area contributed by atoms with Crippen molar-refractivity contribution in [2.24, 2.45) is 0 Å². The van der Waals surface area contributed by atoms with E-state index in [9.17, 15) is 18.5 Å². The zero-order chi connectivity index (χ0) is 15.2. The summed E-state index contributed by atoms with van der Waals surface area (Å²) < 4.78 is 26.4. The Balaban J connectivity index is 2.58. The van der Waals surface area contributed by atoms with Gasteiger partial charge in [-0.25, -0.2) is 13.1 Å². The van der Waals surface area contributed by atoms with Crippen LogP contribution in [0.5, 0.6) is 0 Å². The number of hydrogen-bond acceptors (Lipinski definition) is 4. The number of sulfonamides is 1. The number of nitrogens with zero attached hydrogens (tertiary/aromatic N) is 1. The van der Waals surface area contributed by atoms with Crippen LogP contribution < -0.4 is 4.72 Å². The van der Waals surface area contributed by atoms with Crippen molar-refractivity contribution in [3.8, 4) is 0 Å². The maximum Gasteiger partial charge on any atom is 0.269 e. The Morgan fingerprint density at radius 1 is 1.35 bits per heavy atom. The van der Waals surface area contributed by atoms with Crippen LogP contribution in [0.2, 0.25) is 0 Å². The number of halogens is 1. The zero-order valence-electron chi connectivity index (χ0n) is 11.1. The molecule has 0 amide bonds. The highest BCUT2D eigenvalue weighted by Crippen LogP contribution is 2.16. The lowest BCUT2D eigenvalue weighted by atomic mass is 10.2. The monoisotopic (exact) mass is 364 g/mol. The lowest BCUT2D eigenvalue weighted by Gasteiger charge is -2.08. The van der Waals surface area contributed by atoms with Crippen LogP contribution in [0.4, 0.5) is 5.69 Å². The van der Waals surface area contributed by atoms with Crippen LogP contribution in [-0.4, -0.2) is 24.7 Å². The van der Waals surface area contributed by atoms with Crippen molar-refractivity contribution >= 4 is 31.6 Å². The van der Waals surface area contributed by atoms with Gasteiger partial charge in [-0.2, -0.15) is 0 Å². The Morgan fingerprint density at radius 3 is 2.45 bits per heavy atom. The molecule has 1 unspecified atom stereocenters. The molecule has 0 spiro atoms. The van der Waals surface area contributed by atoms with Gasteiger partial charge < -0.3 is 0 Å². The third kappa shape index (κ3) is 5.18. The first-order chi connectivity index (χ1) is 9.36. The summed E-state index contributed by atoms with van der Waals surface area (Å²) in [6.45, 7) is 2.40. The van der Waals surface area contributed by atoms with E-state index in [1.54, 1.807) is 0 Å². The predicted molar refractivity (Wildman–Crippen MR) is 80.5 cm³/mol. The molecule has 1 rings (SSSR count). The number of hydrogen-bond donors (Lipinski definition) is 1. The molecule has 8 heteroatoms. The Bertz CT molecular complexity index is 545. The summed E-state index contributed by atoms with van der Waals surface area (Å²) in [7, 11) is -3.60. The fraction of sp³-hybridized carbons (Fsp3) is 0.500. The van der Waals surface area contributed by atoms with Gasteiger partial charge in [-0.3, -0.25) is 10.1 Å². The average Bonchev–Trinajstić information content (AvgIpc) is 2.43. The van der Waals surface area contributed by atoms with Crippen molar-refractivity contribution in [2.45, 2.75) is 35.9 Å². The van der Waals surface area contributed by atoms with Crippen LogP contribution in [0.25, 0.3) is 0 Å². The molecule has 0 bridgehead atoms. The lowest BCUT2D eigenvalue weighted by Crippen LogP contribution is -2.25. The standard InChI is InChI=1S/C12H17BrN2O4S/c1-2-10(13)4-3-9-14-20(18,19)12-7-5-11(6-8-12)15(16)17/h5-8,10,14H,2-4,9H2,1H3. The number of non-ortho nitro benzene ring substituents is 1. The summed E-state index contributed by atoms with van der Waals surface area (Å²) in [5, 5.41) is 10.5. The van der Waals surface area contributed by atoms with E-state index in [2.05, 4.69) is 27.6 Å². The van der Waals surface area contributed by atoms with Gasteiger partial charge in [0.05, 0.1) is 9.82 Å². The minimum absolute atomic E-state index is 0.0361. The van der Waals surface area contributed by atoms with Crippen molar-refractivity contribution in [1.82, 2.24) is 4.72 Å². The first kappa shape index (κ1) is 17.1. The topological polar surface area (TPSA) is 89.3 Å². The number of nitro benzene ring substituents is 1. The molecule has 0 radical (unpaired) electrons. The number of rotatable bonds is 8. The van der Waals surface area contributed by atoms with E-state index in [0.717, 1.165) is 19.3 Å². The van der Waals surface area contributed by atoms with E-state index >= 15 is 0 Å². The van der Waals surface area contributed by atoms with E-state index in [4.69, 9.17) is 0 Å². The lowest BCUT2D eigenvalue weighted by molar-refractivity contribution is -0.384. The second-order valence-corrected chi connectivity index (χ2v) is 7.36. The van der Waals surface area contributed by atoms with Gasteiger partial charge in [0.2, 0.25) is 10.0 Å². The fourth-order valence-electron chi connectivity index (χ4n) is 1.56. The highest BCUT2D eigenvalue weighted by molar-refractivity contribution is 9.09. The second-order valence-electron chi connectivity index (χ2n) is 4.30. The van der Waals surface area contributed by atoms with Crippen LogP contribution >= 0.6 is 15.9 Å². The molecule has 0 fully saturated rings. The summed E-state index contributed by atoms with van der Waals surface area (Å²) in [6, 6.07) is 4.83. The normalized spacial score (nSPS) is 13.1. The number of alkyl halides is 1. The van der Waals surface area contributed by atoms with Crippen molar-refractivity contribution in [2.75, 3.05) is 6.54 Å². The molecule has 1 atom stereocenters. The summed E-state index contributed by atoms with van der Waals surface area (Å²) in [5.41, 5.74) is -0.131. The molecule has 0 saturated carbocycles. The van der Waals surface area contributed by atoms with Crippen LogP contribution in [0.15, 0.2) is 29.2 Å². The third-order valence-electron chi connectivity index (χ3n) is 2.79. The van der Waals surface area contributed by atoms with E-state index in [0.29, 0.717) is 11.4 Å². The average molecular weight is 365 g/mol. The Hall–Kier alpha value is -0.990. The SMILES string of the molecule is CCC(Br)CCCNS(=O)(=O)c1ccc([N+](=O)[O-])cc1. The smallest absolute Gasteiger partial charge is 0.258 e. The van der Waals surface area contributed by atoms with E-state index < -0.39 is 14.9 Å². The van der Waals surface area contributed by atoms with Gasteiger partial charge in [-0.15, -0.1) is 0 Å². The van der Waals surface area contributed by atoms with Gasteiger partial charge in [-0.05, 0) is 31.4 Å². The zero-order valence-corrected chi connectivity index (χ0v) is 13.5. The van der Waals surface area contributed by atoms with Crippen LogP contribution in [-0.2, 0) is 10.0 Å². The minimum Gasteiger partial charge on any atom is -0.258 e. The molecule has 0 aromatic heterocycles. The predicted octanol–water partition coefficient (Wildman–Crippen LogP) is 2.83. The summed E-state index contributed by atoms with van der Waals surface area (Å²) in [4.78, 5) is 10.4. The van der Waals surface area contributed by atoms with Gasteiger partial charge in [0, 0.05) is 23.5 Å². The Kier molecular flexibility index (Phi) is 6.57. The van der Waals surface area contributed by atoms with Crippen LogP contribution in [0.1, 0.15) is 26.2 Å². The Labute approximate surface area is 126 Å². The molecule has 1 N–H and O–H groups in total. The molecule has 1 aromatic rings. The first-order valence-corrected chi connectivity index (χ1v) is 8.65. The number of nitrogens with one attached hydrogen (secondary N) is 1. The largest absolute Gasteiger partial charge is 0.269 e. The highest BCUT2D eigenvalue weighted by Gasteiger charge is 2.15. The summed E-state index contributed by atoms with van der Waals surface area (Å²) in [6.07, 6.45) is 2.62. The molecule has 6 nitrogen and oxygen atoms in total. The van der Waals surface area contributed by atoms with Gasteiger partial charge in [0.25, 0.3) is 5.69 Å². The second kappa shape index (κ2) is 7.70. The van der Waals surface area contributed by atoms with Gasteiger partial charge in [0.15, 0.2) is 0 Å². The van der Waals surface area contributed by atoms with E-state index in [1.165, 1.54) is 24.3 Å². The summed E-state index contributed by atoms with van der Waals surface area (Å²) in [5.74, 6) is 0. The number of nitro groups is 1. The van der Waals surface area contributed by atoms with Crippen molar-refractivity contribution in [3.05, 3.63) is 34.4 Å². The van der Waals surface area contributed by atoms with E-state index in [-0.39, 0.29) is 10.6 Å². The molecular formula is C12H17BrN2O4S. The molecule has 112 valence electrons. The first-order valence-electron chi connectivity index (χ1n) is 6.25. The molecule has 0 saturated heterocycles. The molecule has 20 heavy (non-hydrogen) atoms. The number of benzene rings is 1. The fourth-order valence-corrected chi connectivity index (χ4v) is 2.96. The van der Waals surface area contributed by atoms with Crippen molar-refractivity contribution < 1.29 is 13.3 Å². The molecule has 0 heterocycles. The maximum atomic E-state index is 11.9. The molecule has 1 aromatic carbocycles. The van der Waals surface area contributed by atoms with Crippen LogP contribution in [0.3, 0.4) is 0 Å². The molecular weight excluding hydrogens is 348 g/mol. The molecule has 0 aliphatic rings. The molecule has 0 aliphatic heterocycles. The maximum absolute atomic E-state index is 11.9.